The number of carbonyl (C=O) groups is 2. The summed E-state index contributed by atoms with van der Waals surface area (Å²) in [4.78, 5) is 85.1. The van der Waals surface area contributed by atoms with Crippen LogP contribution in [0.3, 0.4) is 0 Å². The Kier molecular flexibility index (Phi) is 17.5. The summed E-state index contributed by atoms with van der Waals surface area (Å²) in [6.45, 7) is -0.129. The zero-order valence-corrected chi connectivity index (χ0v) is 37.1. The average Bonchev–Trinajstić information content (AvgIpc) is 3.56. The molecule has 0 bridgehead atoms. The number of alkyl halides is 2. The number of nitrogens with one attached hydrogen (secondary N) is 2. The molecule has 332 valence electrons. The summed E-state index contributed by atoms with van der Waals surface area (Å²) in [6, 6.07) is 8.51. The number of hydroxylamine groups is 2. The number of halogens is 6. The quantitative estimate of drug-likeness (QED) is 0.0755. The first-order chi connectivity index (χ1) is 28.7. The molecule has 1 aliphatic rings. The van der Waals surface area contributed by atoms with Crippen LogP contribution in [0.1, 0.15) is 57.1 Å². The zero-order chi connectivity index (χ0) is 45.3. The molecule has 0 saturated carbocycles. The third kappa shape index (κ3) is 12.2. The summed E-state index contributed by atoms with van der Waals surface area (Å²) in [5, 5.41) is 18.0. The first-order valence-corrected chi connectivity index (χ1v) is 20.0. The summed E-state index contributed by atoms with van der Waals surface area (Å²) in [6.07, 6.45) is -2.49. The molecular weight excluding hydrogens is 1050 g/mol. The van der Waals surface area contributed by atoms with Crippen molar-refractivity contribution in [1.82, 2.24) is 29.2 Å². The van der Waals surface area contributed by atoms with Gasteiger partial charge in [0.15, 0.2) is 19.4 Å². The van der Waals surface area contributed by atoms with E-state index in [2.05, 4.69) is 5.48 Å². The van der Waals surface area contributed by atoms with Crippen molar-refractivity contribution < 1.29 is 56.5 Å². The van der Waals surface area contributed by atoms with Gasteiger partial charge in [-0.2, -0.15) is 0 Å². The van der Waals surface area contributed by atoms with Crippen LogP contribution in [0.5, 0.6) is 0 Å². The van der Waals surface area contributed by atoms with E-state index in [-0.39, 0.29) is 42.1 Å². The van der Waals surface area contributed by atoms with Gasteiger partial charge in [0.05, 0.1) is 13.2 Å². The van der Waals surface area contributed by atoms with Gasteiger partial charge in [0.2, 0.25) is 0 Å². The van der Waals surface area contributed by atoms with Crippen LogP contribution < -0.4 is 33.5 Å². The fraction of sp³-hybridized carbons (Fsp3) is 0.405. The first-order valence-electron chi connectivity index (χ1n) is 17.8. The Morgan fingerprint density at radius 1 is 0.836 bits per heavy atom. The zero-order valence-electron chi connectivity index (χ0n) is 32.8. The van der Waals surface area contributed by atoms with Gasteiger partial charge < -0.3 is 19.7 Å². The second-order valence-electron chi connectivity index (χ2n) is 13.6. The van der Waals surface area contributed by atoms with Gasteiger partial charge in [-0.1, -0.05) is 12.1 Å². The molecule has 2 aromatic carbocycles. The summed E-state index contributed by atoms with van der Waals surface area (Å²) in [5.41, 5.74) is -1.51. The largest absolute Gasteiger partial charge is 0.394 e. The third-order valence-electron chi connectivity index (χ3n) is 8.89. The number of benzene rings is 2. The predicted molar refractivity (Wildman–Crippen MR) is 223 cm³/mol. The van der Waals surface area contributed by atoms with Gasteiger partial charge in [-0.05, 0) is 94.4 Å². The summed E-state index contributed by atoms with van der Waals surface area (Å²) >= 11 is 3.82. The number of hydrogen-bond acceptors (Lipinski definition) is 12. The number of nitrogens with zero attached hydrogens (tertiary/aromatic N) is 4. The molecule has 0 radical (unpaired) electrons. The van der Waals surface area contributed by atoms with Crippen LogP contribution in [0.25, 0.3) is 0 Å². The predicted octanol–water partition coefficient (Wildman–Crippen LogP) is 1.44. The molecule has 1 fully saturated rings. The highest BCUT2D eigenvalue weighted by Crippen LogP contribution is 2.23. The number of aliphatic hydroxyl groups excluding tert-OH is 2. The minimum absolute atomic E-state index is 0.0472. The molecule has 3 heterocycles. The summed E-state index contributed by atoms with van der Waals surface area (Å²) in [5.74, 6) is -4.15. The van der Waals surface area contributed by atoms with Crippen molar-refractivity contribution in [2.45, 2.75) is 58.3 Å². The van der Waals surface area contributed by atoms with Crippen LogP contribution >= 0.6 is 45.2 Å². The van der Waals surface area contributed by atoms with Gasteiger partial charge in [0.25, 0.3) is 22.9 Å². The molecule has 4 aromatic rings. The Labute approximate surface area is 370 Å². The van der Waals surface area contributed by atoms with E-state index in [0.717, 1.165) is 14.1 Å². The van der Waals surface area contributed by atoms with Crippen LogP contribution in [0.15, 0.2) is 55.6 Å². The molecule has 2 aromatic heterocycles. The molecule has 1 unspecified atom stereocenters. The van der Waals surface area contributed by atoms with E-state index in [1.54, 1.807) is 26.0 Å². The second kappa shape index (κ2) is 21.7. The van der Waals surface area contributed by atoms with Crippen LogP contribution in [0.4, 0.5) is 17.6 Å². The molecule has 0 spiro atoms. The lowest BCUT2D eigenvalue weighted by atomic mass is 10.0. The number of ether oxygens (including phenoxy) is 2. The SMILES string of the molecule is Cn1c(=O)c(C(=O)NOCC2COC(C)(C)O2)c(Cc2ccc(I)cc2F)n(CF)c1=O.Cn1c(=O)c(C(=O)NOC[C@H](O)CO)c(Cc2ccc(I)cc2F)n(CF)c1=O. The smallest absolute Gasteiger partial charge is 0.333 e. The fourth-order valence-electron chi connectivity index (χ4n) is 5.78. The topological polar surface area (TPSA) is 224 Å². The van der Waals surface area contributed by atoms with Crippen molar-refractivity contribution in [2.75, 3.05) is 26.4 Å². The number of rotatable bonds is 15. The van der Waals surface area contributed by atoms with E-state index in [0.29, 0.717) is 25.4 Å². The Morgan fingerprint density at radius 3 is 1.66 bits per heavy atom. The number of amides is 2. The molecule has 2 atom stereocenters. The molecule has 0 aliphatic carbocycles. The second-order valence-corrected chi connectivity index (χ2v) is 16.1. The minimum Gasteiger partial charge on any atom is -0.394 e. The molecule has 18 nitrogen and oxygen atoms in total. The van der Waals surface area contributed by atoms with Gasteiger partial charge in [-0.15, -0.1) is 0 Å². The highest BCUT2D eigenvalue weighted by atomic mass is 127. The number of aliphatic hydroxyl groups is 2. The molecule has 2 amide bonds. The monoisotopic (exact) mass is 1090 g/mol. The lowest BCUT2D eigenvalue weighted by Gasteiger charge is -2.18. The lowest BCUT2D eigenvalue weighted by molar-refractivity contribution is -0.147. The van der Waals surface area contributed by atoms with E-state index >= 15 is 0 Å². The van der Waals surface area contributed by atoms with E-state index in [1.165, 1.54) is 24.3 Å². The third-order valence-corrected chi connectivity index (χ3v) is 10.2. The minimum atomic E-state index is -1.35. The van der Waals surface area contributed by atoms with Crippen molar-refractivity contribution >= 4 is 57.0 Å². The van der Waals surface area contributed by atoms with Gasteiger partial charge in [-0.25, -0.2) is 38.1 Å². The van der Waals surface area contributed by atoms with Crippen LogP contribution in [0.2, 0.25) is 0 Å². The Hall–Kier alpha value is -4.32. The molecule has 61 heavy (non-hydrogen) atoms. The van der Waals surface area contributed by atoms with Crippen LogP contribution in [0, 0.1) is 18.8 Å². The highest BCUT2D eigenvalue weighted by Gasteiger charge is 2.33. The van der Waals surface area contributed by atoms with Crippen LogP contribution in [-0.2, 0) is 59.7 Å². The van der Waals surface area contributed by atoms with E-state index < -0.39 is 108 Å². The van der Waals surface area contributed by atoms with E-state index in [9.17, 15) is 51.4 Å². The summed E-state index contributed by atoms with van der Waals surface area (Å²) in [7, 11) is 2.19. The maximum atomic E-state index is 14.4. The van der Waals surface area contributed by atoms with Crippen molar-refractivity contribution in [1.29, 1.82) is 0 Å². The molecular formula is C37H40F4I2N6O12. The summed E-state index contributed by atoms with van der Waals surface area (Å²) < 4.78 is 70.5. The van der Waals surface area contributed by atoms with Gasteiger partial charge >= 0.3 is 11.4 Å². The van der Waals surface area contributed by atoms with Gasteiger partial charge in [-0.3, -0.25) is 47.1 Å². The Morgan fingerprint density at radius 2 is 1.28 bits per heavy atom. The Bertz CT molecular complexity index is 2510. The van der Waals surface area contributed by atoms with Crippen molar-refractivity contribution in [3.63, 3.8) is 0 Å². The number of hydrogen-bond donors (Lipinski definition) is 4. The average molecular weight is 1090 g/mol. The van der Waals surface area contributed by atoms with E-state index in [4.69, 9.17) is 24.3 Å². The van der Waals surface area contributed by atoms with Gasteiger partial charge in [0, 0.05) is 45.5 Å². The van der Waals surface area contributed by atoms with E-state index in [1.807, 2.05) is 50.7 Å². The molecule has 4 N–H and O–H groups in total. The maximum Gasteiger partial charge on any atom is 0.333 e. The number of carbonyl (C=O) groups excluding carboxylic acids is 2. The standard InChI is InChI=1S/C20H22F2IN3O6.C17H18F2IN3O6/c1-20(2)30-8-13(32-20)9-31-24-17(27)16-15(6-11-4-5-12(23)7-14(11)22)26(10-21)19(29)25(3)18(16)28;1-22-16(27)14(15(26)21-29-7-11(25)6-24)13(23(8-18)17(22)28)4-9-2-3-10(20)5-12(9)19/h4-5,7,13H,6,8-10H2,1-3H3,(H,24,27);2-3,5,11,24-25H,4,6-8H2,1H3,(H,21,26)/t;11-/m.1/s1. The Balaban J connectivity index is 0.000000270. The maximum absolute atomic E-state index is 14.4. The molecule has 5 rings (SSSR count). The highest BCUT2D eigenvalue weighted by molar-refractivity contribution is 14.1. The lowest BCUT2D eigenvalue weighted by Crippen LogP contribution is -2.45. The van der Waals surface area contributed by atoms with Crippen molar-refractivity contribution in [3.8, 4) is 0 Å². The van der Waals surface area contributed by atoms with Gasteiger partial charge in [0.1, 0.15) is 48.2 Å². The van der Waals surface area contributed by atoms with Crippen molar-refractivity contribution in [2.24, 2.45) is 14.1 Å². The molecule has 1 saturated heterocycles. The normalized spacial score (nSPS) is 14.9. The number of aromatic nitrogens is 4. The first kappa shape index (κ1) is 49.3. The fourth-order valence-corrected chi connectivity index (χ4v) is 6.69. The van der Waals surface area contributed by atoms with Crippen molar-refractivity contribution in [3.05, 3.63) is 130 Å². The molecule has 24 heteroatoms. The van der Waals surface area contributed by atoms with Crippen LogP contribution in [-0.4, -0.2) is 84.7 Å². The molecule has 1 aliphatic heterocycles.